The predicted octanol–water partition coefficient (Wildman–Crippen LogP) is 2.45. The largest absolute Gasteiger partial charge is 0.452 e. The molecule has 1 aromatic carbocycles. The maximum absolute atomic E-state index is 12.5. The molecule has 1 heterocycles. The molecule has 0 aliphatic heterocycles. The van der Waals surface area contributed by atoms with Crippen molar-refractivity contribution < 1.29 is 14.3 Å². The van der Waals surface area contributed by atoms with E-state index >= 15 is 0 Å². The number of carbonyl (C=O) groups is 2. The van der Waals surface area contributed by atoms with Gasteiger partial charge < -0.3 is 10.1 Å². The van der Waals surface area contributed by atoms with E-state index in [1.54, 1.807) is 25.5 Å². The third-order valence-electron chi connectivity index (χ3n) is 4.86. The Morgan fingerprint density at radius 2 is 2.00 bits per heavy atom. The first-order chi connectivity index (χ1) is 12.9. The summed E-state index contributed by atoms with van der Waals surface area (Å²) in [7, 11) is 0. The Hall–Kier alpha value is -3.14. The number of esters is 1. The minimum Gasteiger partial charge on any atom is -0.452 e. The first kappa shape index (κ1) is 18.6. The minimum absolute atomic E-state index is 0.163. The summed E-state index contributed by atoms with van der Waals surface area (Å²) in [5.74, 6) is -0.923. The van der Waals surface area contributed by atoms with E-state index in [2.05, 4.69) is 16.5 Å². The number of aryl methyl sites for hydroxylation is 1. The van der Waals surface area contributed by atoms with Gasteiger partial charge >= 0.3 is 5.97 Å². The molecule has 1 N–H and O–H groups in total. The van der Waals surface area contributed by atoms with E-state index in [9.17, 15) is 14.9 Å². The third-order valence-corrected chi connectivity index (χ3v) is 4.86. The summed E-state index contributed by atoms with van der Waals surface area (Å²) in [5, 5.41) is 16.4. The van der Waals surface area contributed by atoms with Gasteiger partial charge in [-0.15, -0.1) is 0 Å². The van der Waals surface area contributed by atoms with E-state index < -0.39 is 24.0 Å². The van der Waals surface area contributed by atoms with Crippen molar-refractivity contribution in [3.05, 3.63) is 47.3 Å². The average molecular weight is 366 g/mol. The number of nitriles is 1. The molecule has 1 saturated carbocycles. The quantitative estimate of drug-likeness (QED) is 0.792. The fourth-order valence-electron chi connectivity index (χ4n) is 3.17. The molecule has 3 rings (SSSR count). The van der Waals surface area contributed by atoms with Crippen molar-refractivity contribution in [1.82, 2.24) is 15.1 Å². The van der Waals surface area contributed by atoms with Crippen LogP contribution in [0, 0.1) is 31.1 Å². The normalized spacial score (nSPS) is 15.5. The van der Waals surface area contributed by atoms with Gasteiger partial charge in [-0.25, -0.2) is 9.48 Å². The summed E-state index contributed by atoms with van der Waals surface area (Å²) in [5.41, 5.74) is 1.44. The third kappa shape index (κ3) is 3.85. The molecule has 0 bridgehead atoms. The van der Waals surface area contributed by atoms with Gasteiger partial charge in [-0.05, 0) is 51.7 Å². The number of rotatable bonds is 6. The Bertz CT molecular complexity index is 909. The van der Waals surface area contributed by atoms with Crippen LogP contribution in [0.2, 0.25) is 0 Å². The van der Waals surface area contributed by atoms with Crippen LogP contribution in [0.25, 0.3) is 5.69 Å². The molecule has 1 aliphatic carbocycles. The highest BCUT2D eigenvalue weighted by molar-refractivity contribution is 5.93. The van der Waals surface area contributed by atoms with Crippen molar-refractivity contribution in [3.63, 3.8) is 0 Å². The van der Waals surface area contributed by atoms with Crippen LogP contribution in [-0.2, 0) is 9.53 Å². The Balaban J connectivity index is 1.67. The molecule has 1 aliphatic rings. The summed E-state index contributed by atoms with van der Waals surface area (Å²) >= 11 is 0. The standard InChI is InChI=1S/C20H22N4O3/c1-13-18(14(2)24(23-13)16-7-5-4-6-8-16)19(26)27-11-17(25)22-20(3,12-21)15-9-10-15/h4-8,15H,9-11H2,1-3H3,(H,22,25)/t20-/m1/s1. The maximum atomic E-state index is 12.5. The Labute approximate surface area is 157 Å². The van der Waals surface area contributed by atoms with Crippen LogP contribution in [-0.4, -0.2) is 33.8 Å². The highest BCUT2D eigenvalue weighted by atomic mass is 16.5. The monoisotopic (exact) mass is 366 g/mol. The van der Waals surface area contributed by atoms with Crippen LogP contribution in [0.1, 0.15) is 41.5 Å². The number of benzene rings is 1. The van der Waals surface area contributed by atoms with Crippen LogP contribution in [0.15, 0.2) is 30.3 Å². The van der Waals surface area contributed by atoms with E-state index in [4.69, 9.17) is 4.74 Å². The number of para-hydroxylation sites is 1. The maximum Gasteiger partial charge on any atom is 0.342 e. The fourth-order valence-corrected chi connectivity index (χ4v) is 3.17. The van der Waals surface area contributed by atoms with Crippen LogP contribution < -0.4 is 5.32 Å². The first-order valence-electron chi connectivity index (χ1n) is 8.86. The summed E-state index contributed by atoms with van der Waals surface area (Å²) in [6, 6.07) is 11.6. The van der Waals surface area contributed by atoms with Crippen LogP contribution in [0.4, 0.5) is 0 Å². The second-order valence-electron chi connectivity index (χ2n) is 7.01. The molecule has 1 amide bonds. The molecule has 0 spiro atoms. The Kier molecular flexibility index (Phi) is 5.00. The van der Waals surface area contributed by atoms with Gasteiger partial charge in [0.2, 0.25) is 0 Å². The van der Waals surface area contributed by atoms with Gasteiger partial charge in [0.25, 0.3) is 5.91 Å². The number of hydrogen-bond donors (Lipinski definition) is 1. The van der Waals surface area contributed by atoms with E-state index in [1.807, 2.05) is 30.3 Å². The summed E-state index contributed by atoms with van der Waals surface area (Å²) in [6.45, 7) is 4.77. The van der Waals surface area contributed by atoms with Gasteiger partial charge in [0, 0.05) is 0 Å². The van der Waals surface area contributed by atoms with Crippen molar-refractivity contribution in [3.8, 4) is 11.8 Å². The summed E-state index contributed by atoms with van der Waals surface area (Å²) in [4.78, 5) is 24.6. The summed E-state index contributed by atoms with van der Waals surface area (Å²) < 4.78 is 6.85. The van der Waals surface area contributed by atoms with Crippen molar-refractivity contribution in [1.29, 1.82) is 5.26 Å². The van der Waals surface area contributed by atoms with Gasteiger partial charge in [-0.2, -0.15) is 10.4 Å². The van der Waals surface area contributed by atoms with Crippen molar-refractivity contribution >= 4 is 11.9 Å². The van der Waals surface area contributed by atoms with E-state index in [-0.39, 0.29) is 5.92 Å². The van der Waals surface area contributed by atoms with Gasteiger partial charge in [-0.1, -0.05) is 18.2 Å². The SMILES string of the molecule is Cc1nn(-c2ccccc2)c(C)c1C(=O)OCC(=O)N[C@](C)(C#N)C1CC1. The molecule has 0 unspecified atom stereocenters. The molecule has 1 aromatic heterocycles. The highest BCUT2D eigenvalue weighted by Gasteiger charge is 2.43. The Morgan fingerprint density at radius 3 is 2.59 bits per heavy atom. The van der Waals surface area contributed by atoms with Crippen LogP contribution >= 0.6 is 0 Å². The molecule has 1 atom stereocenters. The first-order valence-corrected chi connectivity index (χ1v) is 8.86. The number of nitrogens with one attached hydrogen (secondary N) is 1. The van der Waals surface area contributed by atoms with Gasteiger partial charge in [-0.3, -0.25) is 4.79 Å². The van der Waals surface area contributed by atoms with Crippen molar-refractivity contribution in [2.45, 2.75) is 39.2 Å². The second-order valence-corrected chi connectivity index (χ2v) is 7.01. The lowest BCUT2D eigenvalue weighted by molar-refractivity contribution is -0.125. The zero-order valence-electron chi connectivity index (χ0n) is 15.7. The zero-order valence-corrected chi connectivity index (χ0v) is 15.7. The number of carbonyl (C=O) groups excluding carboxylic acids is 2. The smallest absolute Gasteiger partial charge is 0.342 e. The lowest BCUT2D eigenvalue weighted by Gasteiger charge is -2.22. The van der Waals surface area contributed by atoms with Crippen LogP contribution in [0.5, 0.6) is 0 Å². The molecule has 0 radical (unpaired) electrons. The fraction of sp³-hybridized carbons (Fsp3) is 0.400. The molecule has 1 fully saturated rings. The lowest BCUT2D eigenvalue weighted by Crippen LogP contribution is -2.48. The number of amides is 1. The molecule has 27 heavy (non-hydrogen) atoms. The summed E-state index contributed by atoms with van der Waals surface area (Å²) in [6.07, 6.45) is 1.84. The Morgan fingerprint density at radius 1 is 1.33 bits per heavy atom. The lowest BCUT2D eigenvalue weighted by atomic mass is 9.98. The van der Waals surface area contributed by atoms with E-state index in [0.29, 0.717) is 17.0 Å². The highest BCUT2D eigenvalue weighted by Crippen LogP contribution is 2.39. The number of ether oxygens (including phenoxy) is 1. The zero-order chi connectivity index (χ0) is 19.6. The topological polar surface area (TPSA) is 97.0 Å². The van der Waals surface area contributed by atoms with Gasteiger partial charge in [0.15, 0.2) is 6.61 Å². The molecule has 140 valence electrons. The van der Waals surface area contributed by atoms with Gasteiger partial charge in [0.05, 0.1) is 23.1 Å². The number of aromatic nitrogens is 2. The minimum atomic E-state index is -0.909. The van der Waals surface area contributed by atoms with E-state index in [0.717, 1.165) is 18.5 Å². The number of hydrogen-bond acceptors (Lipinski definition) is 5. The van der Waals surface area contributed by atoms with Crippen LogP contribution in [0.3, 0.4) is 0 Å². The molecular weight excluding hydrogens is 344 g/mol. The molecule has 7 nitrogen and oxygen atoms in total. The number of nitrogens with zero attached hydrogens (tertiary/aromatic N) is 3. The van der Waals surface area contributed by atoms with Crippen molar-refractivity contribution in [2.75, 3.05) is 6.61 Å². The molecular formula is C20H22N4O3. The predicted molar refractivity (Wildman–Crippen MR) is 98.2 cm³/mol. The van der Waals surface area contributed by atoms with E-state index in [1.165, 1.54) is 0 Å². The van der Waals surface area contributed by atoms with Gasteiger partial charge in [0.1, 0.15) is 11.1 Å². The molecule has 7 heteroatoms. The molecule has 0 saturated heterocycles. The van der Waals surface area contributed by atoms with Crippen molar-refractivity contribution in [2.24, 2.45) is 5.92 Å². The average Bonchev–Trinajstić information content (AvgIpc) is 3.47. The molecule has 2 aromatic rings. The second kappa shape index (κ2) is 7.23.